The topological polar surface area (TPSA) is 135 Å². The Labute approximate surface area is 163 Å². The third-order valence-corrected chi connectivity index (χ3v) is 7.41. The van der Waals surface area contributed by atoms with Crippen molar-refractivity contribution < 1.29 is 26.2 Å². The first kappa shape index (κ1) is 21.6. The van der Waals surface area contributed by atoms with Crippen molar-refractivity contribution in [1.82, 2.24) is 5.16 Å². The number of aromatic nitrogens is 1. The van der Waals surface area contributed by atoms with E-state index in [1.54, 1.807) is 13.8 Å². The normalized spacial score (nSPS) is 13.0. The molecule has 0 fully saturated rings. The van der Waals surface area contributed by atoms with E-state index in [1.165, 1.54) is 37.3 Å². The quantitative estimate of drug-likeness (QED) is 0.615. The van der Waals surface area contributed by atoms with Crippen LogP contribution in [0.15, 0.2) is 46.3 Å². The molecule has 11 heteroatoms. The number of carbonyl (C=O) groups is 1. The van der Waals surface area contributed by atoms with Gasteiger partial charge in [-0.1, -0.05) is 11.2 Å². The van der Waals surface area contributed by atoms with Gasteiger partial charge in [0.1, 0.15) is 5.25 Å². The molecular weight excluding hydrogens is 406 g/mol. The first-order valence-electron chi connectivity index (χ1n) is 8.17. The lowest BCUT2D eigenvalue weighted by molar-refractivity contribution is -0.115. The molecule has 1 atom stereocenters. The van der Waals surface area contributed by atoms with Crippen LogP contribution in [0.3, 0.4) is 0 Å². The third-order valence-electron chi connectivity index (χ3n) is 4.07. The predicted octanol–water partition coefficient (Wildman–Crippen LogP) is 2.02. The molecule has 28 heavy (non-hydrogen) atoms. The maximum Gasteiger partial charge on any atom is 0.264 e. The van der Waals surface area contributed by atoms with Gasteiger partial charge in [0.2, 0.25) is 11.8 Å². The van der Waals surface area contributed by atoms with Crippen molar-refractivity contribution in [2.75, 3.05) is 15.8 Å². The number of rotatable bonds is 8. The highest BCUT2D eigenvalue weighted by molar-refractivity contribution is 7.93. The SMILES string of the molecule is C=CCS(=O)(=O)C(C)C(=O)Nc1ccc(S(=O)(=O)Nc2onc(C)c2C)cc1. The molecule has 0 aliphatic rings. The number of aryl methyl sites for hydroxylation is 1. The summed E-state index contributed by atoms with van der Waals surface area (Å²) in [6.07, 6.45) is 1.21. The average molecular weight is 428 g/mol. The van der Waals surface area contributed by atoms with Gasteiger partial charge in [-0.25, -0.2) is 21.6 Å². The molecule has 1 aromatic carbocycles. The fourth-order valence-electron chi connectivity index (χ4n) is 2.12. The Bertz CT molecular complexity index is 1090. The highest BCUT2D eigenvalue weighted by atomic mass is 32.2. The second kappa shape index (κ2) is 8.15. The number of sulfonamides is 1. The molecule has 0 bridgehead atoms. The van der Waals surface area contributed by atoms with Gasteiger partial charge in [0.15, 0.2) is 9.84 Å². The van der Waals surface area contributed by atoms with Crippen molar-refractivity contribution in [1.29, 1.82) is 0 Å². The van der Waals surface area contributed by atoms with Gasteiger partial charge in [-0.15, -0.1) is 6.58 Å². The van der Waals surface area contributed by atoms with Crippen LogP contribution in [0.25, 0.3) is 0 Å². The summed E-state index contributed by atoms with van der Waals surface area (Å²) in [5.74, 6) is -1.01. The third kappa shape index (κ3) is 4.78. The lowest BCUT2D eigenvalue weighted by Crippen LogP contribution is -2.33. The van der Waals surface area contributed by atoms with Crippen molar-refractivity contribution in [2.24, 2.45) is 0 Å². The van der Waals surface area contributed by atoms with Crippen LogP contribution in [0.4, 0.5) is 11.6 Å². The Hall–Kier alpha value is -2.66. The van der Waals surface area contributed by atoms with E-state index in [-0.39, 0.29) is 22.2 Å². The molecule has 0 radical (unpaired) electrons. The molecule has 152 valence electrons. The van der Waals surface area contributed by atoms with Gasteiger partial charge in [-0.2, -0.15) is 0 Å². The van der Waals surface area contributed by atoms with Crippen molar-refractivity contribution in [3.8, 4) is 0 Å². The van der Waals surface area contributed by atoms with E-state index in [4.69, 9.17) is 4.52 Å². The molecule has 1 heterocycles. The molecule has 0 saturated carbocycles. The van der Waals surface area contributed by atoms with Crippen LogP contribution in [-0.2, 0) is 24.7 Å². The Kier molecular flexibility index (Phi) is 6.30. The minimum absolute atomic E-state index is 0.0242. The minimum atomic E-state index is -3.92. The van der Waals surface area contributed by atoms with E-state index in [0.29, 0.717) is 11.3 Å². The number of anilines is 2. The monoisotopic (exact) mass is 427 g/mol. The van der Waals surface area contributed by atoms with Gasteiger partial charge in [0.05, 0.1) is 16.3 Å². The van der Waals surface area contributed by atoms with E-state index in [0.717, 1.165) is 0 Å². The highest BCUT2D eigenvalue weighted by Crippen LogP contribution is 2.22. The summed E-state index contributed by atoms with van der Waals surface area (Å²) in [6, 6.07) is 5.27. The summed E-state index contributed by atoms with van der Waals surface area (Å²) < 4.78 is 55.9. The molecule has 1 unspecified atom stereocenters. The van der Waals surface area contributed by atoms with Gasteiger partial charge < -0.3 is 9.84 Å². The van der Waals surface area contributed by atoms with Crippen LogP contribution in [0.5, 0.6) is 0 Å². The van der Waals surface area contributed by atoms with Crippen LogP contribution in [0.1, 0.15) is 18.2 Å². The van der Waals surface area contributed by atoms with E-state index < -0.39 is 31.0 Å². The zero-order chi connectivity index (χ0) is 21.1. The van der Waals surface area contributed by atoms with E-state index in [1.807, 2.05) is 0 Å². The average Bonchev–Trinajstić information content (AvgIpc) is 2.93. The Morgan fingerprint density at radius 1 is 1.21 bits per heavy atom. The van der Waals surface area contributed by atoms with Crippen LogP contribution < -0.4 is 10.0 Å². The predicted molar refractivity (Wildman–Crippen MR) is 105 cm³/mol. The van der Waals surface area contributed by atoms with Crippen molar-refractivity contribution in [2.45, 2.75) is 30.9 Å². The van der Waals surface area contributed by atoms with Gasteiger partial charge in [-0.05, 0) is 45.0 Å². The number of sulfone groups is 1. The number of carbonyl (C=O) groups excluding carboxylic acids is 1. The Morgan fingerprint density at radius 2 is 1.82 bits per heavy atom. The summed E-state index contributed by atoms with van der Waals surface area (Å²) in [5, 5.41) is 4.87. The fourth-order valence-corrected chi connectivity index (χ4v) is 4.17. The minimum Gasteiger partial charge on any atom is -0.337 e. The van der Waals surface area contributed by atoms with Gasteiger partial charge in [-0.3, -0.25) is 4.79 Å². The second-order valence-corrected chi connectivity index (χ2v) is 10.2. The first-order valence-corrected chi connectivity index (χ1v) is 11.4. The maximum atomic E-state index is 12.4. The molecule has 0 saturated heterocycles. The zero-order valence-electron chi connectivity index (χ0n) is 15.6. The maximum absolute atomic E-state index is 12.4. The molecule has 0 aliphatic heterocycles. The van der Waals surface area contributed by atoms with Gasteiger partial charge in [0, 0.05) is 11.3 Å². The summed E-state index contributed by atoms with van der Waals surface area (Å²) >= 11 is 0. The van der Waals surface area contributed by atoms with Crippen LogP contribution in [0.2, 0.25) is 0 Å². The number of nitrogens with zero attached hydrogens (tertiary/aromatic N) is 1. The molecule has 2 aromatic rings. The van der Waals surface area contributed by atoms with Crippen molar-refractivity contribution in [3.63, 3.8) is 0 Å². The summed E-state index contributed by atoms with van der Waals surface area (Å²) in [4.78, 5) is 12.1. The van der Waals surface area contributed by atoms with Crippen LogP contribution in [0, 0.1) is 13.8 Å². The standard InChI is InChI=1S/C17H21N3O6S2/c1-5-10-27(22,23)13(4)16(21)18-14-6-8-15(9-7-14)28(24,25)20-17-11(2)12(3)19-26-17/h5-9,13,20H,1,10H2,2-4H3,(H,18,21). The molecule has 0 spiro atoms. The molecule has 2 rings (SSSR count). The van der Waals surface area contributed by atoms with Crippen molar-refractivity contribution >= 4 is 37.3 Å². The number of amides is 1. The lowest BCUT2D eigenvalue weighted by atomic mass is 10.3. The largest absolute Gasteiger partial charge is 0.337 e. The fraction of sp³-hybridized carbons (Fsp3) is 0.294. The van der Waals surface area contributed by atoms with Crippen LogP contribution >= 0.6 is 0 Å². The van der Waals surface area contributed by atoms with Gasteiger partial charge >= 0.3 is 0 Å². The summed E-state index contributed by atoms with van der Waals surface area (Å²) in [5.41, 5.74) is 1.40. The number of hydrogen-bond donors (Lipinski definition) is 2. The van der Waals surface area contributed by atoms with E-state index in [9.17, 15) is 21.6 Å². The van der Waals surface area contributed by atoms with E-state index >= 15 is 0 Å². The first-order chi connectivity index (χ1) is 13.0. The molecule has 2 N–H and O–H groups in total. The van der Waals surface area contributed by atoms with Crippen LogP contribution in [-0.4, -0.2) is 38.9 Å². The number of benzene rings is 1. The van der Waals surface area contributed by atoms with Crippen molar-refractivity contribution in [3.05, 3.63) is 48.2 Å². The Morgan fingerprint density at radius 3 is 2.32 bits per heavy atom. The highest BCUT2D eigenvalue weighted by Gasteiger charge is 2.27. The molecule has 9 nitrogen and oxygen atoms in total. The molecule has 1 amide bonds. The molecule has 1 aromatic heterocycles. The molecule has 0 aliphatic carbocycles. The zero-order valence-corrected chi connectivity index (χ0v) is 17.2. The Balaban J connectivity index is 2.13. The summed E-state index contributed by atoms with van der Waals surface area (Å²) in [6.45, 7) is 7.99. The van der Waals surface area contributed by atoms with Gasteiger partial charge in [0.25, 0.3) is 10.0 Å². The number of hydrogen-bond acceptors (Lipinski definition) is 7. The molecular formula is C17H21N3O6S2. The van der Waals surface area contributed by atoms with E-state index in [2.05, 4.69) is 21.8 Å². The number of nitrogens with one attached hydrogen (secondary N) is 2. The second-order valence-electron chi connectivity index (χ2n) is 6.10. The lowest BCUT2D eigenvalue weighted by Gasteiger charge is -2.12. The summed E-state index contributed by atoms with van der Waals surface area (Å²) in [7, 11) is -7.57. The smallest absolute Gasteiger partial charge is 0.264 e.